The van der Waals surface area contributed by atoms with Crippen LogP contribution >= 0.6 is 0 Å². The van der Waals surface area contributed by atoms with Gasteiger partial charge in [-0.1, -0.05) is 6.07 Å². The number of nitrogens with zero attached hydrogens (tertiary/aromatic N) is 3. The lowest BCUT2D eigenvalue weighted by Crippen LogP contribution is -2.29. The first-order chi connectivity index (χ1) is 10.0. The lowest BCUT2D eigenvalue weighted by Gasteiger charge is -2.16. The highest BCUT2D eigenvalue weighted by atomic mass is 16.3. The predicted octanol–water partition coefficient (Wildman–Crippen LogP) is 1.61. The van der Waals surface area contributed by atoms with Crippen LogP contribution in [0.5, 0.6) is 0 Å². The molecule has 0 aliphatic carbocycles. The molecule has 0 saturated carbocycles. The number of rotatable bonds is 5. The molecular weight excluding hydrogens is 266 g/mol. The van der Waals surface area contributed by atoms with Crippen molar-refractivity contribution < 1.29 is 9.90 Å². The van der Waals surface area contributed by atoms with Gasteiger partial charge in [-0.25, -0.2) is 0 Å². The molecule has 2 rings (SSSR count). The Hall–Kier alpha value is -2.14. The fourth-order valence-corrected chi connectivity index (χ4v) is 2.37. The fraction of sp³-hybridized carbons (Fsp3) is 0.375. The summed E-state index contributed by atoms with van der Waals surface area (Å²) in [5, 5.41) is 8.95. The van der Waals surface area contributed by atoms with Gasteiger partial charge < -0.3 is 14.6 Å². The van der Waals surface area contributed by atoms with E-state index in [-0.39, 0.29) is 12.5 Å². The number of aliphatic hydroxyl groups excluding tert-OH is 1. The molecule has 0 radical (unpaired) electrons. The van der Waals surface area contributed by atoms with Crippen molar-refractivity contribution in [1.29, 1.82) is 0 Å². The summed E-state index contributed by atoms with van der Waals surface area (Å²) >= 11 is 0. The number of amides is 1. The monoisotopic (exact) mass is 287 g/mol. The van der Waals surface area contributed by atoms with Crippen LogP contribution in [-0.2, 0) is 6.54 Å². The van der Waals surface area contributed by atoms with Gasteiger partial charge in [-0.3, -0.25) is 9.78 Å². The van der Waals surface area contributed by atoms with Crippen molar-refractivity contribution in [2.24, 2.45) is 0 Å². The summed E-state index contributed by atoms with van der Waals surface area (Å²) in [4.78, 5) is 18.2. The molecule has 0 atom stereocenters. The van der Waals surface area contributed by atoms with Crippen molar-refractivity contribution >= 4 is 5.91 Å². The zero-order valence-corrected chi connectivity index (χ0v) is 12.7. The van der Waals surface area contributed by atoms with Gasteiger partial charge in [0, 0.05) is 31.2 Å². The highest BCUT2D eigenvalue weighted by molar-refractivity contribution is 5.95. The highest BCUT2D eigenvalue weighted by Gasteiger charge is 2.18. The molecule has 2 aromatic rings. The highest BCUT2D eigenvalue weighted by Crippen LogP contribution is 2.18. The molecule has 112 valence electrons. The lowest BCUT2D eigenvalue weighted by atomic mass is 10.2. The Morgan fingerprint density at radius 1 is 1.38 bits per heavy atom. The average Bonchev–Trinajstić information content (AvgIpc) is 2.76. The van der Waals surface area contributed by atoms with Gasteiger partial charge in [-0.2, -0.15) is 0 Å². The fourth-order valence-electron chi connectivity index (χ4n) is 2.37. The van der Waals surface area contributed by atoms with Crippen LogP contribution < -0.4 is 0 Å². The minimum absolute atomic E-state index is 0.0328. The summed E-state index contributed by atoms with van der Waals surface area (Å²) < 4.78 is 2.09. The van der Waals surface area contributed by atoms with Crippen molar-refractivity contribution in [3.63, 3.8) is 0 Å². The van der Waals surface area contributed by atoms with Gasteiger partial charge >= 0.3 is 0 Å². The van der Waals surface area contributed by atoms with E-state index in [0.29, 0.717) is 18.7 Å². The van der Waals surface area contributed by atoms with E-state index in [9.17, 15) is 4.79 Å². The quantitative estimate of drug-likeness (QED) is 0.909. The Labute approximate surface area is 124 Å². The summed E-state index contributed by atoms with van der Waals surface area (Å²) in [6.45, 7) is 4.88. The zero-order valence-electron chi connectivity index (χ0n) is 12.7. The Bertz CT molecular complexity index is 620. The average molecular weight is 287 g/mol. The SMILES string of the molecule is Cc1cc(C(=O)N(C)CCO)c(C)n1Cc1ccccn1. The second kappa shape index (κ2) is 6.54. The summed E-state index contributed by atoms with van der Waals surface area (Å²) in [5.74, 6) is -0.0654. The Morgan fingerprint density at radius 2 is 2.14 bits per heavy atom. The van der Waals surface area contributed by atoms with E-state index in [2.05, 4.69) is 9.55 Å². The third kappa shape index (κ3) is 3.31. The molecule has 21 heavy (non-hydrogen) atoms. The molecule has 0 aromatic carbocycles. The Kier molecular flexibility index (Phi) is 4.75. The van der Waals surface area contributed by atoms with Crippen LogP contribution in [0, 0.1) is 13.8 Å². The van der Waals surface area contributed by atoms with Crippen LogP contribution in [0.15, 0.2) is 30.5 Å². The summed E-state index contributed by atoms with van der Waals surface area (Å²) in [6, 6.07) is 7.71. The lowest BCUT2D eigenvalue weighted by molar-refractivity contribution is 0.0766. The third-order valence-corrected chi connectivity index (χ3v) is 3.63. The molecule has 5 nitrogen and oxygen atoms in total. The minimum atomic E-state index is -0.0654. The number of aromatic nitrogens is 2. The molecule has 0 aliphatic heterocycles. The van der Waals surface area contributed by atoms with Crippen LogP contribution in [0.3, 0.4) is 0 Å². The number of pyridine rings is 1. The summed E-state index contributed by atoms with van der Waals surface area (Å²) in [5.41, 5.74) is 3.59. The van der Waals surface area contributed by atoms with Gasteiger partial charge in [0.05, 0.1) is 24.4 Å². The first-order valence-electron chi connectivity index (χ1n) is 6.97. The van der Waals surface area contributed by atoms with E-state index in [4.69, 9.17) is 5.11 Å². The number of hydrogen-bond donors (Lipinski definition) is 1. The van der Waals surface area contributed by atoms with E-state index in [1.165, 1.54) is 4.90 Å². The molecule has 0 aliphatic rings. The van der Waals surface area contributed by atoms with Gasteiger partial charge in [-0.15, -0.1) is 0 Å². The van der Waals surface area contributed by atoms with E-state index in [1.54, 1.807) is 13.2 Å². The van der Waals surface area contributed by atoms with Gasteiger partial charge in [0.2, 0.25) is 0 Å². The zero-order chi connectivity index (χ0) is 15.4. The molecule has 5 heteroatoms. The molecular formula is C16H21N3O2. The standard InChI is InChI=1S/C16H21N3O2/c1-12-10-15(16(21)18(3)8-9-20)13(2)19(12)11-14-6-4-5-7-17-14/h4-7,10,20H,8-9,11H2,1-3H3. The van der Waals surface area contributed by atoms with Crippen LogP contribution in [0.2, 0.25) is 0 Å². The van der Waals surface area contributed by atoms with Crippen molar-refractivity contribution in [3.8, 4) is 0 Å². The topological polar surface area (TPSA) is 58.4 Å². The molecule has 2 heterocycles. The molecule has 1 N–H and O–H groups in total. The van der Waals surface area contributed by atoms with E-state index < -0.39 is 0 Å². The second-order valence-corrected chi connectivity index (χ2v) is 5.14. The van der Waals surface area contributed by atoms with Gasteiger partial charge in [-0.05, 0) is 32.0 Å². The summed E-state index contributed by atoms with van der Waals surface area (Å²) in [7, 11) is 1.70. The first kappa shape index (κ1) is 15.3. The maximum Gasteiger partial charge on any atom is 0.255 e. The normalized spacial score (nSPS) is 10.7. The number of carbonyl (C=O) groups is 1. The first-order valence-corrected chi connectivity index (χ1v) is 6.97. The molecule has 0 spiro atoms. The molecule has 0 bridgehead atoms. The second-order valence-electron chi connectivity index (χ2n) is 5.14. The van der Waals surface area contributed by atoms with Crippen LogP contribution in [0.1, 0.15) is 27.4 Å². The van der Waals surface area contributed by atoms with Crippen LogP contribution in [-0.4, -0.2) is 45.7 Å². The van der Waals surface area contributed by atoms with E-state index in [0.717, 1.165) is 17.1 Å². The smallest absolute Gasteiger partial charge is 0.255 e. The Morgan fingerprint density at radius 3 is 2.76 bits per heavy atom. The number of aliphatic hydroxyl groups is 1. The largest absolute Gasteiger partial charge is 0.395 e. The van der Waals surface area contributed by atoms with Gasteiger partial charge in [0.25, 0.3) is 5.91 Å². The predicted molar refractivity (Wildman–Crippen MR) is 81.3 cm³/mol. The van der Waals surface area contributed by atoms with Crippen LogP contribution in [0.4, 0.5) is 0 Å². The molecule has 0 unspecified atom stereocenters. The molecule has 0 fully saturated rings. The third-order valence-electron chi connectivity index (χ3n) is 3.63. The number of hydrogen-bond acceptors (Lipinski definition) is 3. The number of aryl methyl sites for hydroxylation is 1. The maximum atomic E-state index is 12.4. The molecule has 1 amide bonds. The number of carbonyl (C=O) groups excluding carboxylic acids is 1. The van der Waals surface area contributed by atoms with Crippen molar-refractivity contribution in [2.75, 3.05) is 20.2 Å². The van der Waals surface area contributed by atoms with Crippen LogP contribution in [0.25, 0.3) is 0 Å². The van der Waals surface area contributed by atoms with E-state index in [1.807, 2.05) is 38.1 Å². The van der Waals surface area contributed by atoms with E-state index >= 15 is 0 Å². The van der Waals surface area contributed by atoms with Crippen molar-refractivity contribution in [1.82, 2.24) is 14.5 Å². The summed E-state index contributed by atoms with van der Waals surface area (Å²) in [6.07, 6.45) is 1.77. The molecule has 0 saturated heterocycles. The maximum absolute atomic E-state index is 12.4. The van der Waals surface area contributed by atoms with Crippen molar-refractivity contribution in [2.45, 2.75) is 20.4 Å². The molecule has 2 aromatic heterocycles. The van der Waals surface area contributed by atoms with Gasteiger partial charge in [0.1, 0.15) is 0 Å². The van der Waals surface area contributed by atoms with Crippen molar-refractivity contribution in [3.05, 3.63) is 53.1 Å². The number of likely N-dealkylation sites (N-methyl/N-ethyl adjacent to an activating group) is 1. The minimum Gasteiger partial charge on any atom is -0.395 e. The van der Waals surface area contributed by atoms with Gasteiger partial charge in [0.15, 0.2) is 0 Å². The Balaban J connectivity index is 2.27.